The zero-order valence-electron chi connectivity index (χ0n) is 9.89. The fraction of sp³-hybridized carbons (Fsp3) is 0.692. The largest absolute Gasteiger partial charge is 0.367 e. The van der Waals surface area contributed by atoms with Crippen LogP contribution in [0.1, 0.15) is 51.0 Å². The van der Waals surface area contributed by atoms with Crippen molar-refractivity contribution < 1.29 is 0 Å². The van der Waals surface area contributed by atoms with Crippen LogP contribution in [0.4, 0.5) is 0 Å². The van der Waals surface area contributed by atoms with Gasteiger partial charge >= 0.3 is 0 Å². The molecule has 0 unspecified atom stereocenters. The molecule has 0 aliphatic heterocycles. The molecule has 1 rings (SSSR count). The van der Waals surface area contributed by atoms with Gasteiger partial charge in [0.05, 0.1) is 0 Å². The van der Waals surface area contributed by atoms with Crippen LogP contribution in [0.3, 0.4) is 0 Å². The van der Waals surface area contributed by atoms with Crippen molar-refractivity contribution in [1.29, 1.82) is 0 Å². The molecule has 0 fully saturated rings. The Morgan fingerprint density at radius 3 is 2.67 bits per heavy atom. The lowest BCUT2D eigenvalue weighted by Gasteiger charge is -2.03. The minimum Gasteiger partial charge on any atom is -0.367 e. The van der Waals surface area contributed by atoms with E-state index in [4.69, 9.17) is 0 Å². The van der Waals surface area contributed by atoms with Crippen LogP contribution in [0.5, 0.6) is 0 Å². The number of H-pyrrole nitrogens is 1. The quantitative estimate of drug-likeness (QED) is 0.598. The Balaban J connectivity index is 1.81. The van der Waals surface area contributed by atoms with E-state index in [2.05, 4.69) is 23.3 Å². The Kier molecular flexibility index (Phi) is 7.01. The Bertz CT molecular complexity index is 216. The summed E-state index contributed by atoms with van der Waals surface area (Å²) in [6, 6.07) is 2.12. The SMILES string of the molecule is CCCCCCCCNCc1cc[nH]c1. The molecule has 0 aliphatic carbocycles. The van der Waals surface area contributed by atoms with E-state index >= 15 is 0 Å². The highest BCUT2D eigenvalue weighted by molar-refractivity contribution is 5.07. The normalized spacial score (nSPS) is 10.7. The maximum Gasteiger partial charge on any atom is 0.0220 e. The van der Waals surface area contributed by atoms with Gasteiger partial charge in [-0.15, -0.1) is 0 Å². The first kappa shape index (κ1) is 12.3. The van der Waals surface area contributed by atoms with E-state index in [9.17, 15) is 0 Å². The minimum absolute atomic E-state index is 0.998. The second kappa shape index (κ2) is 8.54. The van der Waals surface area contributed by atoms with Gasteiger partial charge in [0.1, 0.15) is 0 Å². The zero-order valence-corrected chi connectivity index (χ0v) is 9.89. The predicted octanol–water partition coefficient (Wildman–Crippen LogP) is 3.46. The summed E-state index contributed by atoms with van der Waals surface area (Å²) in [7, 11) is 0. The van der Waals surface area contributed by atoms with Crippen LogP contribution in [0.2, 0.25) is 0 Å². The van der Waals surface area contributed by atoms with Gasteiger partial charge in [-0.2, -0.15) is 0 Å². The number of nitrogens with one attached hydrogen (secondary N) is 2. The first-order chi connectivity index (χ1) is 7.43. The van der Waals surface area contributed by atoms with Crippen molar-refractivity contribution in [3.8, 4) is 0 Å². The third-order valence-electron chi connectivity index (χ3n) is 2.70. The molecule has 0 aromatic carbocycles. The molecular weight excluding hydrogens is 184 g/mol. The van der Waals surface area contributed by atoms with Gasteiger partial charge in [0.2, 0.25) is 0 Å². The van der Waals surface area contributed by atoms with E-state index in [1.165, 1.54) is 44.1 Å². The van der Waals surface area contributed by atoms with Crippen LogP contribution in [-0.2, 0) is 6.54 Å². The van der Waals surface area contributed by atoms with Crippen molar-refractivity contribution in [3.63, 3.8) is 0 Å². The Morgan fingerprint density at radius 2 is 1.93 bits per heavy atom. The van der Waals surface area contributed by atoms with E-state index in [-0.39, 0.29) is 0 Å². The van der Waals surface area contributed by atoms with E-state index in [1.807, 2.05) is 12.4 Å². The molecule has 0 aliphatic rings. The van der Waals surface area contributed by atoms with Gasteiger partial charge in [-0.1, -0.05) is 39.0 Å². The van der Waals surface area contributed by atoms with Crippen LogP contribution < -0.4 is 5.32 Å². The Hall–Kier alpha value is -0.760. The highest BCUT2D eigenvalue weighted by atomic mass is 14.8. The molecular formula is C13H24N2. The van der Waals surface area contributed by atoms with Crippen molar-refractivity contribution >= 4 is 0 Å². The third-order valence-corrected chi connectivity index (χ3v) is 2.70. The van der Waals surface area contributed by atoms with E-state index < -0.39 is 0 Å². The molecule has 0 saturated heterocycles. The number of unbranched alkanes of at least 4 members (excludes halogenated alkanes) is 5. The number of hydrogen-bond donors (Lipinski definition) is 2. The predicted molar refractivity (Wildman–Crippen MR) is 65.9 cm³/mol. The second-order valence-electron chi connectivity index (χ2n) is 4.16. The molecule has 0 atom stereocenters. The Morgan fingerprint density at radius 1 is 1.13 bits per heavy atom. The number of rotatable bonds is 9. The van der Waals surface area contributed by atoms with E-state index in [0.717, 1.165) is 13.1 Å². The lowest BCUT2D eigenvalue weighted by atomic mass is 10.1. The fourth-order valence-corrected chi connectivity index (χ4v) is 1.73. The standard InChI is InChI=1S/C13H24N2/c1-2-3-4-5-6-7-9-14-11-13-8-10-15-12-13/h8,10,12,14-15H,2-7,9,11H2,1H3. The van der Waals surface area contributed by atoms with Crippen molar-refractivity contribution in [2.75, 3.05) is 6.54 Å². The molecule has 0 radical (unpaired) electrons. The molecule has 1 heterocycles. The molecule has 2 nitrogen and oxygen atoms in total. The van der Waals surface area contributed by atoms with Crippen molar-refractivity contribution in [3.05, 3.63) is 24.0 Å². The van der Waals surface area contributed by atoms with Gasteiger partial charge in [0, 0.05) is 18.9 Å². The summed E-state index contributed by atoms with van der Waals surface area (Å²) in [5.41, 5.74) is 1.35. The molecule has 2 heteroatoms. The highest BCUT2D eigenvalue weighted by Crippen LogP contribution is 2.04. The molecule has 15 heavy (non-hydrogen) atoms. The van der Waals surface area contributed by atoms with E-state index in [0.29, 0.717) is 0 Å². The van der Waals surface area contributed by atoms with Gasteiger partial charge in [0.15, 0.2) is 0 Å². The summed E-state index contributed by atoms with van der Waals surface area (Å²) in [5, 5.41) is 3.46. The van der Waals surface area contributed by atoms with Crippen molar-refractivity contribution in [2.24, 2.45) is 0 Å². The first-order valence-corrected chi connectivity index (χ1v) is 6.26. The van der Waals surface area contributed by atoms with Gasteiger partial charge in [-0.05, 0) is 24.6 Å². The molecule has 86 valence electrons. The monoisotopic (exact) mass is 208 g/mol. The third kappa shape index (κ3) is 6.34. The van der Waals surface area contributed by atoms with Gasteiger partial charge in [0.25, 0.3) is 0 Å². The minimum atomic E-state index is 0.998. The summed E-state index contributed by atoms with van der Waals surface area (Å²) in [4.78, 5) is 3.06. The van der Waals surface area contributed by atoms with Crippen molar-refractivity contribution in [1.82, 2.24) is 10.3 Å². The number of aromatic amines is 1. The molecule has 1 aromatic heterocycles. The molecule has 0 spiro atoms. The highest BCUT2D eigenvalue weighted by Gasteiger charge is 1.92. The van der Waals surface area contributed by atoms with Crippen LogP contribution in [0, 0.1) is 0 Å². The van der Waals surface area contributed by atoms with Crippen molar-refractivity contribution in [2.45, 2.75) is 52.0 Å². The zero-order chi connectivity index (χ0) is 10.8. The summed E-state index contributed by atoms with van der Waals surface area (Å²) in [6.07, 6.45) is 12.3. The molecule has 0 amide bonds. The second-order valence-corrected chi connectivity index (χ2v) is 4.16. The maximum atomic E-state index is 3.46. The lowest BCUT2D eigenvalue weighted by molar-refractivity contribution is 0.572. The first-order valence-electron chi connectivity index (χ1n) is 6.26. The van der Waals surface area contributed by atoms with Gasteiger partial charge < -0.3 is 10.3 Å². The van der Waals surface area contributed by atoms with Crippen LogP contribution in [0.25, 0.3) is 0 Å². The lowest BCUT2D eigenvalue weighted by Crippen LogP contribution is -2.14. The maximum absolute atomic E-state index is 3.46. The van der Waals surface area contributed by atoms with Crippen LogP contribution in [-0.4, -0.2) is 11.5 Å². The summed E-state index contributed by atoms with van der Waals surface area (Å²) < 4.78 is 0. The molecule has 0 saturated carbocycles. The average Bonchev–Trinajstić information content (AvgIpc) is 2.75. The smallest absolute Gasteiger partial charge is 0.0220 e. The summed E-state index contributed by atoms with van der Waals surface area (Å²) in [6.45, 7) is 4.41. The molecule has 0 bridgehead atoms. The Labute approximate surface area is 93.5 Å². The number of hydrogen-bond acceptors (Lipinski definition) is 1. The average molecular weight is 208 g/mol. The molecule has 1 aromatic rings. The number of aromatic nitrogens is 1. The van der Waals surface area contributed by atoms with Gasteiger partial charge in [-0.25, -0.2) is 0 Å². The van der Waals surface area contributed by atoms with Crippen LogP contribution >= 0.6 is 0 Å². The van der Waals surface area contributed by atoms with Gasteiger partial charge in [-0.3, -0.25) is 0 Å². The van der Waals surface area contributed by atoms with Crippen LogP contribution in [0.15, 0.2) is 18.5 Å². The molecule has 2 N–H and O–H groups in total. The summed E-state index contributed by atoms with van der Waals surface area (Å²) >= 11 is 0. The topological polar surface area (TPSA) is 27.8 Å². The summed E-state index contributed by atoms with van der Waals surface area (Å²) in [5.74, 6) is 0. The van der Waals surface area contributed by atoms with E-state index in [1.54, 1.807) is 0 Å². The fourth-order valence-electron chi connectivity index (χ4n) is 1.73.